The lowest BCUT2D eigenvalue weighted by molar-refractivity contribution is -0.112. The first-order valence-corrected chi connectivity index (χ1v) is 4.78. The maximum atomic E-state index is 11.6. The lowest BCUT2D eigenvalue weighted by atomic mass is 10.0. The monoisotopic (exact) mass is 215 g/mol. The second-order valence-corrected chi connectivity index (χ2v) is 3.35. The molecule has 0 saturated carbocycles. The average molecular weight is 215 g/mol. The molecule has 1 aliphatic rings. The van der Waals surface area contributed by atoms with Crippen molar-refractivity contribution in [2.75, 3.05) is 6.61 Å². The molecular formula is C12H9NO3. The van der Waals surface area contributed by atoms with Gasteiger partial charge in [0.15, 0.2) is 5.78 Å². The molecule has 0 aliphatic carbocycles. The summed E-state index contributed by atoms with van der Waals surface area (Å²) in [5.74, 6) is 4.71. The summed E-state index contributed by atoms with van der Waals surface area (Å²) in [7, 11) is 0. The van der Waals surface area contributed by atoms with Crippen LogP contribution in [0.25, 0.3) is 0 Å². The summed E-state index contributed by atoms with van der Waals surface area (Å²) in [5, 5.41) is 0. The number of carbonyl (C=O) groups is 2. The number of ether oxygens (including phenoxy) is 1. The highest BCUT2D eigenvalue weighted by molar-refractivity contribution is 6.00. The van der Waals surface area contributed by atoms with Crippen molar-refractivity contribution in [3.05, 3.63) is 29.3 Å². The quantitative estimate of drug-likeness (QED) is 0.640. The van der Waals surface area contributed by atoms with Crippen LogP contribution < -0.4 is 10.5 Å². The number of hydrogen-bond donors (Lipinski definition) is 1. The zero-order chi connectivity index (χ0) is 11.5. The van der Waals surface area contributed by atoms with Crippen LogP contribution in [0.3, 0.4) is 0 Å². The summed E-state index contributed by atoms with van der Waals surface area (Å²) in [6.07, 6.45) is 0.375. The molecule has 1 amide bonds. The first-order valence-electron chi connectivity index (χ1n) is 4.78. The number of ketones is 1. The average Bonchev–Trinajstić information content (AvgIpc) is 2.27. The number of benzene rings is 1. The van der Waals surface area contributed by atoms with E-state index < -0.39 is 5.91 Å². The third-order valence-corrected chi connectivity index (χ3v) is 2.20. The van der Waals surface area contributed by atoms with Gasteiger partial charge in [0, 0.05) is 12.0 Å². The van der Waals surface area contributed by atoms with Gasteiger partial charge in [0.1, 0.15) is 5.75 Å². The van der Waals surface area contributed by atoms with Crippen LogP contribution in [-0.2, 0) is 4.79 Å². The van der Waals surface area contributed by atoms with Crippen LogP contribution in [0, 0.1) is 11.8 Å². The molecule has 1 heterocycles. The Morgan fingerprint density at radius 1 is 1.44 bits per heavy atom. The SMILES string of the molecule is NC(=O)C#Cc1ccc2c(c1)C(=O)CCO2. The normalized spacial score (nSPS) is 13.1. The molecule has 0 atom stereocenters. The molecular weight excluding hydrogens is 206 g/mol. The van der Waals surface area contributed by atoms with Crippen molar-refractivity contribution in [1.82, 2.24) is 0 Å². The Bertz CT molecular complexity index is 523. The van der Waals surface area contributed by atoms with Gasteiger partial charge in [-0.05, 0) is 24.1 Å². The van der Waals surface area contributed by atoms with E-state index in [0.29, 0.717) is 29.9 Å². The Labute approximate surface area is 92.4 Å². The smallest absolute Gasteiger partial charge is 0.293 e. The van der Waals surface area contributed by atoms with E-state index in [-0.39, 0.29) is 5.78 Å². The van der Waals surface area contributed by atoms with Gasteiger partial charge in [0.2, 0.25) is 0 Å². The van der Waals surface area contributed by atoms with Crippen LogP contribution in [0.15, 0.2) is 18.2 Å². The molecule has 0 saturated heterocycles. The number of primary amides is 1. The molecule has 1 aliphatic heterocycles. The number of amides is 1. The minimum Gasteiger partial charge on any atom is -0.492 e. The highest BCUT2D eigenvalue weighted by Crippen LogP contribution is 2.25. The van der Waals surface area contributed by atoms with E-state index in [0.717, 1.165) is 0 Å². The van der Waals surface area contributed by atoms with Crippen molar-refractivity contribution in [2.24, 2.45) is 5.73 Å². The Hall–Kier alpha value is -2.28. The van der Waals surface area contributed by atoms with Crippen molar-refractivity contribution in [2.45, 2.75) is 6.42 Å². The van der Waals surface area contributed by atoms with Crippen molar-refractivity contribution in [3.63, 3.8) is 0 Å². The molecule has 4 nitrogen and oxygen atoms in total. The number of fused-ring (bicyclic) bond motifs is 1. The highest BCUT2D eigenvalue weighted by Gasteiger charge is 2.18. The minimum atomic E-state index is -0.694. The van der Waals surface area contributed by atoms with Crippen LogP contribution >= 0.6 is 0 Å². The van der Waals surface area contributed by atoms with Gasteiger partial charge in [-0.1, -0.05) is 5.92 Å². The number of hydrogen-bond acceptors (Lipinski definition) is 3. The Morgan fingerprint density at radius 2 is 2.25 bits per heavy atom. The zero-order valence-corrected chi connectivity index (χ0v) is 8.45. The predicted octanol–water partition coefficient (Wildman–Crippen LogP) is 0.489. The van der Waals surface area contributed by atoms with Gasteiger partial charge in [-0.25, -0.2) is 0 Å². The van der Waals surface area contributed by atoms with E-state index in [9.17, 15) is 9.59 Å². The second-order valence-electron chi connectivity index (χ2n) is 3.35. The van der Waals surface area contributed by atoms with E-state index in [2.05, 4.69) is 11.8 Å². The zero-order valence-electron chi connectivity index (χ0n) is 8.45. The maximum absolute atomic E-state index is 11.6. The third-order valence-electron chi connectivity index (χ3n) is 2.20. The Morgan fingerprint density at radius 3 is 3.00 bits per heavy atom. The first-order chi connectivity index (χ1) is 7.66. The molecule has 0 fully saturated rings. The molecule has 0 spiro atoms. The van der Waals surface area contributed by atoms with Crippen LogP contribution in [0.4, 0.5) is 0 Å². The molecule has 2 N–H and O–H groups in total. The van der Waals surface area contributed by atoms with Gasteiger partial charge < -0.3 is 10.5 Å². The number of Topliss-reactive ketones (excluding diaryl/α,β-unsaturated/α-hetero) is 1. The van der Waals surface area contributed by atoms with E-state index in [1.165, 1.54) is 0 Å². The van der Waals surface area contributed by atoms with E-state index in [1.54, 1.807) is 18.2 Å². The van der Waals surface area contributed by atoms with Gasteiger partial charge in [-0.3, -0.25) is 9.59 Å². The molecule has 0 aromatic heterocycles. The first kappa shape index (κ1) is 10.2. The summed E-state index contributed by atoms with van der Waals surface area (Å²) in [4.78, 5) is 22.0. The fourth-order valence-electron chi connectivity index (χ4n) is 1.47. The van der Waals surface area contributed by atoms with Crippen LogP contribution in [0.5, 0.6) is 5.75 Å². The van der Waals surface area contributed by atoms with E-state index >= 15 is 0 Å². The Kier molecular flexibility index (Phi) is 2.61. The molecule has 4 heteroatoms. The fourth-order valence-corrected chi connectivity index (χ4v) is 1.47. The topological polar surface area (TPSA) is 69.4 Å². The lowest BCUT2D eigenvalue weighted by Crippen LogP contribution is -2.15. The maximum Gasteiger partial charge on any atom is 0.293 e. The second kappa shape index (κ2) is 4.07. The molecule has 0 bridgehead atoms. The van der Waals surface area contributed by atoms with Gasteiger partial charge in [-0.15, -0.1) is 0 Å². The molecule has 1 aromatic rings. The molecule has 1 aromatic carbocycles. The number of rotatable bonds is 0. The highest BCUT2D eigenvalue weighted by atomic mass is 16.5. The molecule has 16 heavy (non-hydrogen) atoms. The molecule has 2 rings (SSSR count). The van der Waals surface area contributed by atoms with Crippen molar-refractivity contribution >= 4 is 11.7 Å². The third kappa shape index (κ3) is 2.04. The van der Waals surface area contributed by atoms with Crippen LogP contribution in [0.1, 0.15) is 22.3 Å². The largest absolute Gasteiger partial charge is 0.492 e. The number of nitrogens with two attached hydrogens (primary N) is 1. The van der Waals surface area contributed by atoms with Gasteiger partial charge in [-0.2, -0.15) is 0 Å². The summed E-state index contributed by atoms with van der Waals surface area (Å²) in [6.45, 7) is 0.415. The number of carbonyl (C=O) groups excluding carboxylic acids is 2. The van der Waals surface area contributed by atoms with Crippen LogP contribution in [-0.4, -0.2) is 18.3 Å². The fraction of sp³-hybridized carbons (Fsp3) is 0.167. The standard InChI is InChI=1S/C12H9NO3/c13-12(15)4-2-8-1-3-11-9(7-8)10(14)5-6-16-11/h1,3,7H,5-6H2,(H2,13,15). The minimum absolute atomic E-state index is 0.0315. The summed E-state index contributed by atoms with van der Waals surface area (Å²) >= 11 is 0. The molecule has 0 radical (unpaired) electrons. The van der Waals surface area contributed by atoms with Gasteiger partial charge >= 0.3 is 0 Å². The van der Waals surface area contributed by atoms with Gasteiger partial charge in [0.05, 0.1) is 12.2 Å². The predicted molar refractivity (Wildman–Crippen MR) is 57.0 cm³/mol. The molecule has 80 valence electrons. The summed E-state index contributed by atoms with van der Waals surface area (Å²) < 4.78 is 5.31. The lowest BCUT2D eigenvalue weighted by Gasteiger charge is -2.15. The summed E-state index contributed by atoms with van der Waals surface area (Å²) in [6, 6.07) is 4.98. The summed E-state index contributed by atoms with van der Waals surface area (Å²) in [5.41, 5.74) is 6.00. The molecule has 0 unspecified atom stereocenters. The van der Waals surface area contributed by atoms with Crippen LogP contribution in [0.2, 0.25) is 0 Å². The van der Waals surface area contributed by atoms with Gasteiger partial charge in [0.25, 0.3) is 5.91 Å². The Balaban J connectivity index is 2.39. The van der Waals surface area contributed by atoms with Crippen molar-refractivity contribution in [3.8, 4) is 17.6 Å². The van der Waals surface area contributed by atoms with Crippen molar-refractivity contribution in [1.29, 1.82) is 0 Å². The van der Waals surface area contributed by atoms with Crippen molar-refractivity contribution < 1.29 is 14.3 Å². The van der Waals surface area contributed by atoms with E-state index in [4.69, 9.17) is 10.5 Å². The van der Waals surface area contributed by atoms with E-state index in [1.807, 2.05) is 0 Å².